The largest absolute Gasteiger partial charge is 0.437 e. The molecule has 2 aromatic heterocycles. The average Bonchev–Trinajstić information content (AvgIpc) is 2.61. The third kappa shape index (κ3) is 1.61. The number of oxazole rings is 1. The van der Waals surface area contributed by atoms with Gasteiger partial charge in [0.2, 0.25) is 5.89 Å². The molecule has 4 nitrogen and oxygen atoms in total. The van der Waals surface area contributed by atoms with Crippen molar-refractivity contribution < 1.29 is 4.42 Å². The summed E-state index contributed by atoms with van der Waals surface area (Å²) in [7, 11) is 0. The molecule has 1 unspecified atom stereocenters. The Morgan fingerprint density at radius 1 is 1.57 bits per heavy atom. The van der Waals surface area contributed by atoms with Crippen LogP contribution in [0.25, 0.3) is 11.2 Å². The lowest BCUT2D eigenvalue weighted by Crippen LogP contribution is -2.09. The molecule has 0 radical (unpaired) electrons. The van der Waals surface area contributed by atoms with Gasteiger partial charge in [-0.1, -0.05) is 13.3 Å². The number of fused-ring (bicyclic) bond motifs is 1. The second-order valence-electron chi connectivity index (χ2n) is 3.27. The number of pyridine rings is 1. The first-order chi connectivity index (χ1) is 6.81. The van der Waals surface area contributed by atoms with E-state index in [2.05, 4.69) is 16.9 Å². The number of aromatic nitrogens is 2. The van der Waals surface area contributed by atoms with Crippen molar-refractivity contribution in [3.05, 3.63) is 24.2 Å². The van der Waals surface area contributed by atoms with Gasteiger partial charge < -0.3 is 10.2 Å². The molecule has 0 amide bonds. The standard InChI is InChI=1S/C10H13N3O/c1-2-4-7(11)10-13-9-8(14-10)5-3-6-12-9/h3,5-7H,2,4,11H2,1H3. The Bertz CT molecular complexity index is 391. The van der Waals surface area contributed by atoms with Crippen LogP contribution in [-0.4, -0.2) is 9.97 Å². The molecule has 0 aliphatic carbocycles. The SMILES string of the molecule is CCCC(N)c1nc2ncccc2o1. The highest BCUT2D eigenvalue weighted by Crippen LogP contribution is 2.19. The molecule has 4 heteroatoms. The summed E-state index contributed by atoms with van der Waals surface area (Å²) >= 11 is 0. The Labute approximate surface area is 82.1 Å². The predicted molar refractivity (Wildman–Crippen MR) is 53.6 cm³/mol. The van der Waals surface area contributed by atoms with Gasteiger partial charge in [0.1, 0.15) is 0 Å². The van der Waals surface area contributed by atoms with Gasteiger partial charge in [-0.05, 0) is 18.6 Å². The highest BCUT2D eigenvalue weighted by molar-refractivity contribution is 5.66. The van der Waals surface area contributed by atoms with E-state index in [4.69, 9.17) is 10.2 Å². The van der Waals surface area contributed by atoms with E-state index in [1.807, 2.05) is 12.1 Å². The summed E-state index contributed by atoms with van der Waals surface area (Å²) in [5.41, 5.74) is 7.22. The van der Waals surface area contributed by atoms with Gasteiger partial charge in [0.05, 0.1) is 6.04 Å². The topological polar surface area (TPSA) is 64.9 Å². The van der Waals surface area contributed by atoms with Crippen molar-refractivity contribution >= 4 is 11.2 Å². The third-order valence-corrected chi connectivity index (χ3v) is 2.10. The van der Waals surface area contributed by atoms with Crippen molar-refractivity contribution in [3.63, 3.8) is 0 Å². The number of rotatable bonds is 3. The summed E-state index contributed by atoms with van der Waals surface area (Å²) in [6, 6.07) is 3.55. The number of nitrogens with zero attached hydrogens (tertiary/aromatic N) is 2. The smallest absolute Gasteiger partial charge is 0.213 e. The molecule has 0 aliphatic rings. The number of nitrogens with two attached hydrogens (primary N) is 1. The zero-order valence-corrected chi connectivity index (χ0v) is 8.10. The van der Waals surface area contributed by atoms with Crippen LogP contribution in [0.5, 0.6) is 0 Å². The highest BCUT2D eigenvalue weighted by atomic mass is 16.3. The molecular weight excluding hydrogens is 178 g/mol. The molecule has 2 rings (SSSR count). The molecule has 2 aromatic rings. The van der Waals surface area contributed by atoms with E-state index in [1.54, 1.807) is 6.20 Å². The van der Waals surface area contributed by atoms with Crippen LogP contribution in [0.15, 0.2) is 22.7 Å². The predicted octanol–water partition coefficient (Wildman–Crippen LogP) is 2.02. The van der Waals surface area contributed by atoms with Gasteiger partial charge in [0, 0.05) is 6.20 Å². The molecule has 0 saturated carbocycles. The molecule has 0 aromatic carbocycles. The van der Waals surface area contributed by atoms with E-state index in [0.717, 1.165) is 12.8 Å². The van der Waals surface area contributed by atoms with Crippen LogP contribution in [-0.2, 0) is 0 Å². The summed E-state index contributed by atoms with van der Waals surface area (Å²) in [6.07, 6.45) is 3.60. The first kappa shape index (κ1) is 9.15. The summed E-state index contributed by atoms with van der Waals surface area (Å²) < 4.78 is 5.48. The zero-order chi connectivity index (χ0) is 9.97. The Morgan fingerprint density at radius 3 is 3.14 bits per heavy atom. The van der Waals surface area contributed by atoms with Gasteiger partial charge in [0.25, 0.3) is 0 Å². The second kappa shape index (κ2) is 3.75. The van der Waals surface area contributed by atoms with Gasteiger partial charge in [-0.3, -0.25) is 0 Å². The second-order valence-corrected chi connectivity index (χ2v) is 3.27. The van der Waals surface area contributed by atoms with Crippen molar-refractivity contribution in [2.24, 2.45) is 5.73 Å². The lowest BCUT2D eigenvalue weighted by atomic mass is 10.2. The Kier molecular flexibility index (Phi) is 2.45. The van der Waals surface area contributed by atoms with Crippen molar-refractivity contribution in [3.8, 4) is 0 Å². The molecule has 2 N–H and O–H groups in total. The van der Waals surface area contributed by atoms with Crippen LogP contribution in [0, 0.1) is 0 Å². The monoisotopic (exact) mass is 191 g/mol. The van der Waals surface area contributed by atoms with Crippen LogP contribution in [0.1, 0.15) is 31.7 Å². The van der Waals surface area contributed by atoms with Crippen LogP contribution >= 0.6 is 0 Å². The van der Waals surface area contributed by atoms with Crippen LogP contribution in [0.2, 0.25) is 0 Å². The minimum absolute atomic E-state index is 0.116. The van der Waals surface area contributed by atoms with Crippen molar-refractivity contribution in [1.29, 1.82) is 0 Å². The van der Waals surface area contributed by atoms with E-state index >= 15 is 0 Å². The number of hydrogen-bond donors (Lipinski definition) is 1. The van der Waals surface area contributed by atoms with Crippen molar-refractivity contribution in [2.75, 3.05) is 0 Å². The van der Waals surface area contributed by atoms with Gasteiger partial charge in [0.15, 0.2) is 11.2 Å². The minimum Gasteiger partial charge on any atom is -0.437 e. The summed E-state index contributed by atoms with van der Waals surface area (Å²) in [6.45, 7) is 2.08. The third-order valence-electron chi connectivity index (χ3n) is 2.10. The molecule has 0 fully saturated rings. The molecule has 14 heavy (non-hydrogen) atoms. The van der Waals surface area contributed by atoms with Crippen molar-refractivity contribution in [2.45, 2.75) is 25.8 Å². The summed E-state index contributed by atoms with van der Waals surface area (Å²) in [5, 5.41) is 0. The molecule has 0 saturated heterocycles. The number of hydrogen-bond acceptors (Lipinski definition) is 4. The van der Waals surface area contributed by atoms with E-state index < -0.39 is 0 Å². The van der Waals surface area contributed by atoms with Gasteiger partial charge in [-0.25, -0.2) is 4.98 Å². The first-order valence-electron chi connectivity index (χ1n) is 4.78. The van der Waals surface area contributed by atoms with Gasteiger partial charge in [-0.2, -0.15) is 4.98 Å². The molecular formula is C10H13N3O. The van der Waals surface area contributed by atoms with Gasteiger partial charge >= 0.3 is 0 Å². The summed E-state index contributed by atoms with van der Waals surface area (Å²) in [5.74, 6) is 0.584. The zero-order valence-electron chi connectivity index (χ0n) is 8.10. The molecule has 74 valence electrons. The van der Waals surface area contributed by atoms with Crippen LogP contribution in [0.3, 0.4) is 0 Å². The quantitative estimate of drug-likeness (QED) is 0.806. The maximum absolute atomic E-state index is 5.89. The molecule has 0 bridgehead atoms. The van der Waals surface area contributed by atoms with Crippen LogP contribution in [0.4, 0.5) is 0 Å². The van der Waals surface area contributed by atoms with E-state index in [0.29, 0.717) is 17.1 Å². The van der Waals surface area contributed by atoms with E-state index in [1.165, 1.54) is 0 Å². The fourth-order valence-electron chi connectivity index (χ4n) is 1.38. The highest BCUT2D eigenvalue weighted by Gasteiger charge is 2.12. The first-order valence-corrected chi connectivity index (χ1v) is 4.78. The lowest BCUT2D eigenvalue weighted by Gasteiger charge is -2.02. The fourth-order valence-corrected chi connectivity index (χ4v) is 1.38. The Balaban J connectivity index is 2.35. The fraction of sp³-hybridized carbons (Fsp3) is 0.400. The van der Waals surface area contributed by atoms with E-state index in [-0.39, 0.29) is 6.04 Å². The summed E-state index contributed by atoms with van der Waals surface area (Å²) in [4.78, 5) is 8.31. The van der Waals surface area contributed by atoms with Crippen molar-refractivity contribution in [1.82, 2.24) is 9.97 Å². The lowest BCUT2D eigenvalue weighted by molar-refractivity contribution is 0.456. The molecule has 1 atom stereocenters. The van der Waals surface area contributed by atoms with Gasteiger partial charge in [-0.15, -0.1) is 0 Å². The normalized spacial score (nSPS) is 13.3. The molecule has 0 aliphatic heterocycles. The molecule has 2 heterocycles. The Morgan fingerprint density at radius 2 is 2.43 bits per heavy atom. The average molecular weight is 191 g/mol. The Hall–Kier alpha value is -1.42. The van der Waals surface area contributed by atoms with Crippen LogP contribution < -0.4 is 5.73 Å². The molecule has 0 spiro atoms. The van der Waals surface area contributed by atoms with E-state index in [9.17, 15) is 0 Å². The maximum atomic E-state index is 5.89. The maximum Gasteiger partial charge on any atom is 0.213 e. The minimum atomic E-state index is -0.116.